The number of nitrogens with one attached hydrogen (secondary N) is 2. The van der Waals surface area contributed by atoms with Gasteiger partial charge in [-0.05, 0) is 48.7 Å². The molecule has 3 rings (SSSR count). The van der Waals surface area contributed by atoms with Crippen LogP contribution in [0.1, 0.15) is 22.4 Å². The fourth-order valence-electron chi connectivity index (χ4n) is 2.61. The van der Waals surface area contributed by atoms with Crippen molar-refractivity contribution in [3.05, 3.63) is 58.7 Å². The second-order valence-corrected chi connectivity index (χ2v) is 5.52. The third-order valence-electron chi connectivity index (χ3n) is 3.82. The first-order valence-corrected chi connectivity index (χ1v) is 7.36. The van der Waals surface area contributed by atoms with Crippen molar-refractivity contribution in [1.29, 1.82) is 0 Å². The van der Waals surface area contributed by atoms with E-state index in [9.17, 15) is 9.18 Å². The van der Waals surface area contributed by atoms with Crippen LogP contribution in [-0.2, 0) is 24.2 Å². The van der Waals surface area contributed by atoms with Gasteiger partial charge in [-0.3, -0.25) is 9.78 Å². The Balaban J connectivity index is 0.00000144. The molecular formula is C17H20Cl2FN3O. The van der Waals surface area contributed by atoms with Gasteiger partial charge in [-0.1, -0.05) is 12.1 Å². The molecule has 0 saturated carbocycles. The topological polar surface area (TPSA) is 54.0 Å². The maximum atomic E-state index is 14.5. The average molecular weight is 372 g/mol. The molecule has 0 atom stereocenters. The molecule has 0 unspecified atom stereocenters. The minimum Gasteiger partial charge on any atom is -0.323 e. The Hall–Kier alpha value is -1.69. The first kappa shape index (κ1) is 20.4. The standard InChI is InChI=1S/C17H18FN3O.2ClH/c1-11-2-3-12(9-20-11)8-16(22)21-15-5-4-13-10-19-7-6-14(13)17(15)18;;/h2-5,9,19H,6-8,10H2,1H3,(H,21,22);2*1H. The number of halogens is 3. The third-order valence-corrected chi connectivity index (χ3v) is 3.82. The van der Waals surface area contributed by atoms with Gasteiger partial charge >= 0.3 is 0 Å². The van der Waals surface area contributed by atoms with Gasteiger partial charge < -0.3 is 10.6 Å². The van der Waals surface area contributed by atoms with Gasteiger partial charge in [0.25, 0.3) is 0 Å². The number of carbonyl (C=O) groups excluding carboxylic acids is 1. The van der Waals surface area contributed by atoms with Crippen molar-refractivity contribution in [3.63, 3.8) is 0 Å². The van der Waals surface area contributed by atoms with Crippen molar-refractivity contribution in [2.24, 2.45) is 0 Å². The number of rotatable bonds is 3. The van der Waals surface area contributed by atoms with Crippen LogP contribution in [0.15, 0.2) is 30.5 Å². The van der Waals surface area contributed by atoms with Crippen molar-refractivity contribution >= 4 is 36.4 Å². The molecular weight excluding hydrogens is 352 g/mol. The van der Waals surface area contributed by atoms with Gasteiger partial charge in [0.1, 0.15) is 5.82 Å². The van der Waals surface area contributed by atoms with Crippen LogP contribution in [-0.4, -0.2) is 17.4 Å². The summed E-state index contributed by atoms with van der Waals surface area (Å²) in [4.78, 5) is 16.2. The zero-order valence-electron chi connectivity index (χ0n) is 13.3. The molecule has 0 spiro atoms. The van der Waals surface area contributed by atoms with E-state index < -0.39 is 0 Å². The minimum atomic E-state index is -0.311. The maximum Gasteiger partial charge on any atom is 0.228 e. The highest BCUT2D eigenvalue weighted by Gasteiger charge is 2.17. The summed E-state index contributed by atoms with van der Waals surface area (Å²) in [5, 5.41) is 5.87. The van der Waals surface area contributed by atoms with Crippen molar-refractivity contribution in [2.45, 2.75) is 26.3 Å². The number of benzene rings is 1. The summed E-state index contributed by atoms with van der Waals surface area (Å²) in [7, 11) is 0. The lowest BCUT2D eigenvalue weighted by Gasteiger charge is -2.19. The number of nitrogens with zero attached hydrogens (tertiary/aromatic N) is 1. The van der Waals surface area contributed by atoms with Crippen molar-refractivity contribution in [2.75, 3.05) is 11.9 Å². The van der Waals surface area contributed by atoms with Crippen LogP contribution in [0.2, 0.25) is 0 Å². The number of carbonyl (C=O) groups is 1. The molecule has 0 bridgehead atoms. The Labute approximate surface area is 153 Å². The molecule has 1 aromatic heterocycles. The summed E-state index contributed by atoms with van der Waals surface area (Å²) in [6, 6.07) is 7.21. The smallest absolute Gasteiger partial charge is 0.228 e. The van der Waals surface area contributed by atoms with Gasteiger partial charge in [0.2, 0.25) is 5.91 Å². The van der Waals surface area contributed by atoms with Crippen LogP contribution < -0.4 is 10.6 Å². The quantitative estimate of drug-likeness (QED) is 0.870. The SMILES string of the molecule is Cc1ccc(CC(=O)Nc2ccc3c(c2F)CCNC3)cn1.Cl.Cl. The molecule has 2 N–H and O–H groups in total. The second-order valence-electron chi connectivity index (χ2n) is 5.52. The van der Waals surface area contributed by atoms with E-state index in [4.69, 9.17) is 0 Å². The molecule has 2 aromatic rings. The van der Waals surface area contributed by atoms with E-state index >= 15 is 0 Å². The summed E-state index contributed by atoms with van der Waals surface area (Å²) in [5.74, 6) is -0.548. The van der Waals surface area contributed by atoms with Gasteiger partial charge in [-0.15, -0.1) is 24.8 Å². The maximum absolute atomic E-state index is 14.5. The van der Waals surface area contributed by atoms with E-state index in [1.54, 1.807) is 12.3 Å². The zero-order valence-corrected chi connectivity index (χ0v) is 14.9. The third kappa shape index (κ3) is 4.66. The lowest BCUT2D eigenvalue weighted by Crippen LogP contribution is -2.25. The molecule has 1 amide bonds. The number of aryl methyl sites for hydroxylation is 1. The van der Waals surface area contributed by atoms with Crippen LogP contribution >= 0.6 is 24.8 Å². The molecule has 1 aliphatic heterocycles. The van der Waals surface area contributed by atoms with Crippen molar-refractivity contribution < 1.29 is 9.18 Å². The van der Waals surface area contributed by atoms with E-state index in [-0.39, 0.29) is 48.6 Å². The molecule has 1 aliphatic rings. The number of aromatic nitrogens is 1. The largest absolute Gasteiger partial charge is 0.323 e. The second kappa shape index (κ2) is 8.97. The van der Waals surface area contributed by atoms with Crippen LogP contribution in [0.25, 0.3) is 0 Å². The lowest BCUT2D eigenvalue weighted by molar-refractivity contribution is -0.115. The van der Waals surface area contributed by atoms with Gasteiger partial charge in [0.05, 0.1) is 12.1 Å². The van der Waals surface area contributed by atoms with Gasteiger partial charge in [-0.25, -0.2) is 4.39 Å². The zero-order chi connectivity index (χ0) is 15.5. The Bertz CT molecular complexity index is 708. The van der Waals surface area contributed by atoms with Gasteiger partial charge in [0.15, 0.2) is 0 Å². The van der Waals surface area contributed by atoms with Gasteiger partial charge in [-0.2, -0.15) is 0 Å². The van der Waals surface area contributed by atoms with Crippen LogP contribution in [0.5, 0.6) is 0 Å². The predicted octanol–water partition coefficient (Wildman–Crippen LogP) is 3.20. The number of amides is 1. The van der Waals surface area contributed by atoms with Crippen LogP contribution in [0, 0.1) is 12.7 Å². The molecule has 1 aromatic carbocycles. The summed E-state index contributed by atoms with van der Waals surface area (Å²) >= 11 is 0. The molecule has 130 valence electrons. The van der Waals surface area contributed by atoms with Crippen LogP contribution in [0.3, 0.4) is 0 Å². The molecule has 0 fully saturated rings. The summed E-state index contributed by atoms with van der Waals surface area (Å²) in [5.41, 5.74) is 3.63. The normalized spacial score (nSPS) is 12.4. The summed E-state index contributed by atoms with van der Waals surface area (Å²) in [6.45, 7) is 3.33. The number of pyridine rings is 1. The molecule has 0 saturated heterocycles. The highest BCUT2D eigenvalue weighted by Crippen LogP contribution is 2.24. The van der Waals surface area contributed by atoms with Gasteiger partial charge in [0, 0.05) is 18.4 Å². The fourth-order valence-corrected chi connectivity index (χ4v) is 2.61. The van der Waals surface area contributed by atoms with E-state index in [1.165, 1.54) is 0 Å². The molecule has 0 radical (unpaired) electrons. The molecule has 7 heteroatoms. The lowest BCUT2D eigenvalue weighted by atomic mass is 9.99. The number of hydrogen-bond acceptors (Lipinski definition) is 3. The van der Waals surface area contributed by atoms with Crippen molar-refractivity contribution in [1.82, 2.24) is 10.3 Å². The Morgan fingerprint density at radius 1 is 1.29 bits per heavy atom. The summed E-state index contributed by atoms with van der Waals surface area (Å²) < 4.78 is 14.5. The van der Waals surface area contributed by atoms with Crippen LogP contribution in [0.4, 0.5) is 10.1 Å². The molecule has 2 heterocycles. The average Bonchev–Trinajstić information content (AvgIpc) is 2.53. The highest BCUT2D eigenvalue weighted by molar-refractivity contribution is 5.92. The monoisotopic (exact) mass is 371 g/mol. The summed E-state index contributed by atoms with van der Waals surface area (Å²) in [6.07, 6.45) is 2.50. The molecule has 4 nitrogen and oxygen atoms in total. The fraction of sp³-hybridized carbons (Fsp3) is 0.294. The minimum absolute atomic E-state index is 0. The Morgan fingerprint density at radius 3 is 2.79 bits per heavy atom. The van der Waals surface area contributed by atoms with E-state index in [2.05, 4.69) is 15.6 Å². The molecule has 0 aliphatic carbocycles. The molecule has 24 heavy (non-hydrogen) atoms. The Kier molecular flexibility index (Phi) is 7.60. The number of hydrogen-bond donors (Lipinski definition) is 2. The van der Waals surface area contributed by atoms with Crippen molar-refractivity contribution in [3.8, 4) is 0 Å². The predicted molar refractivity (Wildman–Crippen MR) is 97.6 cm³/mol. The highest BCUT2D eigenvalue weighted by atomic mass is 35.5. The Morgan fingerprint density at radius 2 is 2.08 bits per heavy atom. The number of fused-ring (bicyclic) bond motifs is 1. The number of anilines is 1. The van der Waals surface area contributed by atoms with E-state index in [1.807, 2.05) is 25.1 Å². The van der Waals surface area contributed by atoms with E-state index in [0.717, 1.165) is 23.4 Å². The first-order chi connectivity index (χ1) is 10.6. The first-order valence-electron chi connectivity index (χ1n) is 7.36. The van der Waals surface area contributed by atoms with E-state index in [0.29, 0.717) is 18.5 Å².